The topological polar surface area (TPSA) is 41.1 Å². The van der Waals surface area contributed by atoms with Gasteiger partial charge < -0.3 is 10.6 Å². The molecule has 0 aliphatic carbocycles. The summed E-state index contributed by atoms with van der Waals surface area (Å²) in [6, 6.07) is 14.2. The van der Waals surface area contributed by atoms with E-state index in [0.29, 0.717) is 6.54 Å². The van der Waals surface area contributed by atoms with Crippen LogP contribution in [0.3, 0.4) is 0 Å². The molecule has 0 spiro atoms. The van der Waals surface area contributed by atoms with E-state index in [1.165, 1.54) is 24.2 Å². The summed E-state index contributed by atoms with van der Waals surface area (Å²) in [4.78, 5) is 14.9. The van der Waals surface area contributed by atoms with Gasteiger partial charge in [0, 0.05) is 15.4 Å². The van der Waals surface area contributed by atoms with Crippen LogP contribution in [0.1, 0.15) is 43.0 Å². The highest BCUT2D eigenvalue weighted by Crippen LogP contribution is 2.45. The summed E-state index contributed by atoms with van der Waals surface area (Å²) in [6.07, 6.45) is 4.87. The maximum Gasteiger partial charge on any atom is 0.178 e. The molecule has 24 heavy (non-hydrogen) atoms. The Labute approximate surface area is 148 Å². The number of ketones is 1. The van der Waals surface area contributed by atoms with Crippen LogP contribution in [0.25, 0.3) is 0 Å². The van der Waals surface area contributed by atoms with E-state index < -0.39 is 0 Å². The summed E-state index contributed by atoms with van der Waals surface area (Å²) in [7, 11) is 0. The molecular formula is C20H24N2OS. The Morgan fingerprint density at radius 1 is 1.04 bits per heavy atom. The Balaban J connectivity index is 1.64. The third-order valence-electron chi connectivity index (χ3n) is 4.19. The lowest BCUT2D eigenvalue weighted by Gasteiger charge is -2.22. The Bertz CT molecular complexity index is 715. The molecule has 1 aliphatic rings. The van der Waals surface area contributed by atoms with Crippen molar-refractivity contribution in [3.63, 3.8) is 0 Å². The molecule has 0 saturated carbocycles. The molecule has 2 aromatic rings. The van der Waals surface area contributed by atoms with E-state index in [9.17, 15) is 4.79 Å². The van der Waals surface area contributed by atoms with Crippen LogP contribution in [-0.4, -0.2) is 18.9 Å². The number of carbonyl (C=O) groups is 1. The standard InChI is InChI=1S/C20H24N2OS/c1-2-3-4-7-13-21-14-17(23)15-9-8-12-19-20(15)22-16-10-5-6-11-18(16)24-19/h5-6,8-12,21-22H,2-4,7,13-14H2,1H3. The van der Waals surface area contributed by atoms with Crippen LogP contribution in [0, 0.1) is 0 Å². The van der Waals surface area contributed by atoms with Gasteiger partial charge in [-0.25, -0.2) is 0 Å². The number of benzene rings is 2. The second-order valence-corrected chi connectivity index (χ2v) is 7.15. The summed E-state index contributed by atoms with van der Waals surface area (Å²) in [6.45, 7) is 3.51. The molecule has 126 valence electrons. The number of para-hydroxylation sites is 2. The largest absolute Gasteiger partial charge is 0.353 e. The Morgan fingerprint density at radius 2 is 1.88 bits per heavy atom. The summed E-state index contributed by atoms with van der Waals surface area (Å²) in [5.74, 6) is 0.148. The van der Waals surface area contributed by atoms with Gasteiger partial charge in [-0.2, -0.15) is 0 Å². The molecule has 0 radical (unpaired) electrons. The number of Topliss-reactive ketones (excluding diaryl/α,β-unsaturated/α-hetero) is 1. The third kappa shape index (κ3) is 4.00. The minimum atomic E-state index is 0.148. The third-order valence-corrected chi connectivity index (χ3v) is 5.32. The van der Waals surface area contributed by atoms with E-state index in [1.54, 1.807) is 11.8 Å². The highest BCUT2D eigenvalue weighted by Gasteiger charge is 2.20. The first-order chi connectivity index (χ1) is 11.8. The predicted octanol–water partition coefficient (Wildman–Crippen LogP) is 5.25. The van der Waals surface area contributed by atoms with Gasteiger partial charge in [-0.3, -0.25) is 4.79 Å². The van der Waals surface area contributed by atoms with Gasteiger partial charge in [-0.15, -0.1) is 0 Å². The summed E-state index contributed by atoms with van der Waals surface area (Å²) < 4.78 is 0. The molecule has 0 atom stereocenters. The lowest BCUT2D eigenvalue weighted by Crippen LogP contribution is -2.24. The second kappa shape index (κ2) is 8.36. The van der Waals surface area contributed by atoms with Gasteiger partial charge in [0.1, 0.15) is 0 Å². The molecule has 0 unspecified atom stereocenters. The normalized spacial score (nSPS) is 12.2. The maximum atomic E-state index is 12.6. The number of fused-ring (bicyclic) bond motifs is 2. The van der Waals surface area contributed by atoms with Crippen LogP contribution in [0.2, 0.25) is 0 Å². The molecule has 0 aromatic heterocycles. The number of anilines is 2. The van der Waals surface area contributed by atoms with E-state index in [-0.39, 0.29) is 5.78 Å². The number of hydrogen-bond donors (Lipinski definition) is 2. The van der Waals surface area contributed by atoms with Gasteiger partial charge >= 0.3 is 0 Å². The van der Waals surface area contributed by atoms with E-state index in [0.717, 1.165) is 34.8 Å². The molecule has 0 fully saturated rings. The number of unbranched alkanes of at least 4 members (excludes halogenated alkanes) is 3. The van der Waals surface area contributed by atoms with Crippen molar-refractivity contribution >= 4 is 28.9 Å². The van der Waals surface area contributed by atoms with Crippen LogP contribution >= 0.6 is 11.8 Å². The van der Waals surface area contributed by atoms with Crippen LogP contribution < -0.4 is 10.6 Å². The number of rotatable bonds is 8. The van der Waals surface area contributed by atoms with Gasteiger partial charge in [0.25, 0.3) is 0 Å². The molecule has 0 amide bonds. The van der Waals surface area contributed by atoms with Crippen LogP contribution in [-0.2, 0) is 0 Å². The van der Waals surface area contributed by atoms with Crippen molar-refractivity contribution in [2.24, 2.45) is 0 Å². The second-order valence-electron chi connectivity index (χ2n) is 6.06. The Morgan fingerprint density at radius 3 is 2.75 bits per heavy atom. The van der Waals surface area contributed by atoms with Crippen LogP contribution in [0.15, 0.2) is 52.3 Å². The van der Waals surface area contributed by atoms with Gasteiger partial charge in [0.15, 0.2) is 5.78 Å². The van der Waals surface area contributed by atoms with Gasteiger partial charge in [0.05, 0.1) is 17.9 Å². The van der Waals surface area contributed by atoms with Crippen LogP contribution in [0.5, 0.6) is 0 Å². The fraction of sp³-hybridized carbons (Fsp3) is 0.350. The number of hydrogen-bond acceptors (Lipinski definition) is 4. The predicted molar refractivity (Wildman–Crippen MR) is 102 cm³/mol. The molecule has 3 rings (SSSR count). The average molecular weight is 340 g/mol. The minimum absolute atomic E-state index is 0.148. The quantitative estimate of drug-likeness (QED) is 0.434. The van der Waals surface area contributed by atoms with Crippen molar-refractivity contribution in [1.82, 2.24) is 5.32 Å². The lowest BCUT2D eigenvalue weighted by atomic mass is 10.1. The van der Waals surface area contributed by atoms with E-state index >= 15 is 0 Å². The van der Waals surface area contributed by atoms with Crippen molar-refractivity contribution in [3.8, 4) is 0 Å². The van der Waals surface area contributed by atoms with Crippen molar-refractivity contribution in [3.05, 3.63) is 48.0 Å². The molecule has 0 bridgehead atoms. The fourth-order valence-electron chi connectivity index (χ4n) is 2.86. The van der Waals surface area contributed by atoms with Gasteiger partial charge in [-0.1, -0.05) is 56.1 Å². The molecule has 0 saturated heterocycles. The van der Waals surface area contributed by atoms with Gasteiger partial charge in [-0.05, 0) is 37.2 Å². The van der Waals surface area contributed by atoms with Crippen molar-refractivity contribution < 1.29 is 4.79 Å². The molecule has 2 aromatic carbocycles. The first kappa shape index (κ1) is 17.1. The Kier molecular flexibility index (Phi) is 5.94. The van der Waals surface area contributed by atoms with E-state index in [2.05, 4.69) is 35.8 Å². The zero-order chi connectivity index (χ0) is 16.8. The summed E-state index contributed by atoms with van der Waals surface area (Å²) >= 11 is 1.72. The molecule has 2 N–H and O–H groups in total. The lowest BCUT2D eigenvalue weighted by molar-refractivity contribution is 0.0992. The average Bonchev–Trinajstić information content (AvgIpc) is 2.62. The number of carbonyl (C=O) groups excluding carboxylic acids is 1. The molecule has 3 nitrogen and oxygen atoms in total. The highest BCUT2D eigenvalue weighted by atomic mass is 32.2. The monoisotopic (exact) mass is 340 g/mol. The molecule has 1 aliphatic heterocycles. The van der Waals surface area contributed by atoms with E-state index in [4.69, 9.17) is 0 Å². The minimum Gasteiger partial charge on any atom is -0.353 e. The summed E-state index contributed by atoms with van der Waals surface area (Å²) in [5.41, 5.74) is 2.79. The first-order valence-corrected chi connectivity index (χ1v) is 9.52. The Hall–Kier alpha value is -1.78. The fourth-order valence-corrected chi connectivity index (χ4v) is 3.89. The van der Waals surface area contributed by atoms with Gasteiger partial charge in [0.2, 0.25) is 0 Å². The maximum absolute atomic E-state index is 12.6. The SMILES string of the molecule is CCCCCCNCC(=O)c1cccc2c1Nc1ccccc1S2. The summed E-state index contributed by atoms with van der Waals surface area (Å²) in [5, 5.41) is 6.72. The molecule has 1 heterocycles. The highest BCUT2D eigenvalue weighted by molar-refractivity contribution is 7.99. The number of nitrogens with one attached hydrogen (secondary N) is 2. The van der Waals surface area contributed by atoms with Crippen LogP contribution in [0.4, 0.5) is 11.4 Å². The van der Waals surface area contributed by atoms with Crippen molar-refractivity contribution in [2.75, 3.05) is 18.4 Å². The van der Waals surface area contributed by atoms with E-state index in [1.807, 2.05) is 24.3 Å². The van der Waals surface area contributed by atoms with Crippen molar-refractivity contribution in [2.45, 2.75) is 42.4 Å². The first-order valence-electron chi connectivity index (χ1n) is 8.70. The molecular weight excluding hydrogens is 316 g/mol. The zero-order valence-corrected chi connectivity index (χ0v) is 14.9. The smallest absolute Gasteiger partial charge is 0.178 e. The van der Waals surface area contributed by atoms with Crippen molar-refractivity contribution in [1.29, 1.82) is 0 Å². The zero-order valence-electron chi connectivity index (χ0n) is 14.1. The molecule has 4 heteroatoms.